The van der Waals surface area contributed by atoms with Crippen LogP contribution < -0.4 is 0 Å². The number of allylic oxidation sites excluding steroid dienone is 1. The molecule has 0 fully saturated rings. The van der Waals surface area contributed by atoms with Crippen molar-refractivity contribution in [3.05, 3.63) is 60.2 Å². The number of rotatable bonds is 2. The van der Waals surface area contributed by atoms with Crippen molar-refractivity contribution in [3.8, 4) is 0 Å². The van der Waals surface area contributed by atoms with Gasteiger partial charge >= 0.3 is 0 Å². The molecular formula is C14H16O. The smallest absolute Gasteiger partial charge is 0.0832 e. The van der Waals surface area contributed by atoms with Gasteiger partial charge in [-0.2, -0.15) is 0 Å². The van der Waals surface area contributed by atoms with Crippen LogP contribution in [0, 0.1) is 0 Å². The lowest BCUT2D eigenvalue weighted by atomic mass is 10.1. The molecule has 15 heavy (non-hydrogen) atoms. The van der Waals surface area contributed by atoms with E-state index in [1.165, 1.54) is 11.1 Å². The summed E-state index contributed by atoms with van der Waals surface area (Å²) in [6, 6.07) is 10.4. The molecule has 1 aliphatic rings. The van der Waals surface area contributed by atoms with E-state index in [2.05, 4.69) is 36.9 Å². The van der Waals surface area contributed by atoms with Crippen LogP contribution in [0.2, 0.25) is 0 Å². The zero-order valence-corrected chi connectivity index (χ0v) is 8.86. The summed E-state index contributed by atoms with van der Waals surface area (Å²) in [5, 5.41) is 0. The Hall–Kier alpha value is -1.34. The Morgan fingerprint density at radius 3 is 2.80 bits per heavy atom. The minimum Gasteiger partial charge on any atom is -0.369 e. The zero-order chi connectivity index (χ0) is 10.5. The lowest BCUT2D eigenvalue weighted by Gasteiger charge is -2.15. The highest BCUT2D eigenvalue weighted by molar-refractivity contribution is 5.21. The van der Waals surface area contributed by atoms with Crippen molar-refractivity contribution >= 4 is 0 Å². The summed E-state index contributed by atoms with van der Waals surface area (Å²) in [7, 11) is 0. The van der Waals surface area contributed by atoms with E-state index >= 15 is 0 Å². The Balaban J connectivity index is 2.06. The zero-order valence-electron chi connectivity index (χ0n) is 8.86. The highest BCUT2D eigenvalue weighted by Gasteiger charge is 2.13. The molecule has 2 rings (SSSR count). The van der Waals surface area contributed by atoms with Gasteiger partial charge in [-0.25, -0.2) is 0 Å². The first-order chi connectivity index (χ1) is 7.40. The lowest BCUT2D eigenvalue weighted by Crippen LogP contribution is -2.03. The monoisotopic (exact) mass is 200 g/mol. The van der Waals surface area contributed by atoms with Gasteiger partial charge < -0.3 is 4.74 Å². The highest BCUT2D eigenvalue weighted by Crippen LogP contribution is 2.26. The van der Waals surface area contributed by atoms with Crippen LogP contribution in [0.5, 0.6) is 0 Å². The van der Waals surface area contributed by atoms with Gasteiger partial charge in [-0.3, -0.25) is 0 Å². The quantitative estimate of drug-likeness (QED) is 0.708. The second-order valence-corrected chi connectivity index (χ2v) is 3.77. The SMILES string of the molecule is C=CC1=CCCC(c2ccccc2)OC1. The molecule has 0 saturated carbocycles. The van der Waals surface area contributed by atoms with E-state index in [4.69, 9.17) is 4.74 Å². The molecule has 1 atom stereocenters. The topological polar surface area (TPSA) is 9.23 Å². The Morgan fingerprint density at radius 2 is 2.07 bits per heavy atom. The molecule has 0 radical (unpaired) electrons. The first-order valence-electron chi connectivity index (χ1n) is 5.38. The summed E-state index contributed by atoms with van der Waals surface area (Å²) in [6.07, 6.45) is 6.46. The summed E-state index contributed by atoms with van der Waals surface area (Å²) < 4.78 is 5.85. The molecule has 0 spiro atoms. The van der Waals surface area contributed by atoms with Crippen molar-refractivity contribution in [3.63, 3.8) is 0 Å². The average Bonchev–Trinajstić information content (AvgIpc) is 2.55. The summed E-state index contributed by atoms with van der Waals surface area (Å²) in [4.78, 5) is 0. The Kier molecular flexibility index (Phi) is 3.36. The third kappa shape index (κ3) is 2.57. The first-order valence-corrected chi connectivity index (χ1v) is 5.38. The highest BCUT2D eigenvalue weighted by atomic mass is 16.5. The molecule has 0 saturated heterocycles. The van der Waals surface area contributed by atoms with Gasteiger partial charge in [0.25, 0.3) is 0 Å². The van der Waals surface area contributed by atoms with Gasteiger partial charge in [-0.05, 0) is 24.0 Å². The predicted molar refractivity (Wildman–Crippen MR) is 62.6 cm³/mol. The van der Waals surface area contributed by atoms with Gasteiger partial charge in [-0.1, -0.05) is 49.1 Å². The standard InChI is InChI=1S/C14H16O/c1-2-12-7-6-10-14(15-11-12)13-8-4-3-5-9-13/h2-5,7-9,14H,1,6,10-11H2. The van der Waals surface area contributed by atoms with Gasteiger partial charge in [0.1, 0.15) is 0 Å². The molecule has 1 nitrogen and oxygen atoms in total. The van der Waals surface area contributed by atoms with E-state index in [-0.39, 0.29) is 6.10 Å². The second kappa shape index (κ2) is 4.94. The largest absolute Gasteiger partial charge is 0.369 e. The van der Waals surface area contributed by atoms with Crippen molar-refractivity contribution in [2.45, 2.75) is 18.9 Å². The van der Waals surface area contributed by atoms with Crippen LogP contribution in [0.25, 0.3) is 0 Å². The maximum atomic E-state index is 5.85. The average molecular weight is 200 g/mol. The molecule has 0 aliphatic carbocycles. The van der Waals surface area contributed by atoms with Crippen molar-refractivity contribution in [2.75, 3.05) is 6.61 Å². The van der Waals surface area contributed by atoms with E-state index in [0.717, 1.165) is 12.8 Å². The number of ether oxygens (including phenoxy) is 1. The first kappa shape index (κ1) is 10.2. The second-order valence-electron chi connectivity index (χ2n) is 3.77. The summed E-state index contributed by atoms with van der Waals surface area (Å²) in [5.41, 5.74) is 2.48. The van der Waals surface area contributed by atoms with Gasteiger partial charge in [0.05, 0.1) is 12.7 Å². The van der Waals surface area contributed by atoms with Gasteiger partial charge in [0.15, 0.2) is 0 Å². The minimum absolute atomic E-state index is 0.236. The number of hydrogen-bond donors (Lipinski definition) is 0. The molecule has 1 heteroatoms. The molecule has 1 unspecified atom stereocenters. The lowest BCUT2D eigenvalue weighted by molar-refractivity contribution is 0.0697. The molecule has 0 amide bonds. The summed E-state index contributed by atoms with van der Waals surface area (Å²) in [6.45, 7) is 4.46. The maximum Gasteiger partial charge on any atom is 0.0832 e. The van der Waals surface area contributed by atoms with Gasteiger partial charge in [0.2, 0.25) is 0 Å². The van der Waals surface area contributed by atoms with Crippen LogP contribution in [-0.4, -0.2) is 6.61 Å². The van der Waals surface area contributed by atoms with Gasteiger partial charge in [0, 0.05) is 0 Å². The third-order valence-corrected chi connectivity index (χ3v) is 2.72. The van der Waals surface area contributed by atoms with Crippen molar-refractivity contribution < 1.29 is 4.74 Å². The van der Waals surface area contributed by atoms with Crippen molar-refractivity contribution in [2.24, 2.45) is 0 Å². The van der Waals surface area contributed by atoms with E-state index in [1.54, 1.807) is 0 Å². The molecule has 78 valence electrons. The van der Waals surface area contributed by atoms with E-state index in [1.807, 2.05) is 12.1 Å². The normalized spacial score (nSPS) is 21.6. The molecule has 0 N–H and O–H groups in total. The fraction of sp³-hybridized carbons (Fsp3) is 0.286. The van der Waals surface area contributed by atoms with E-state index in [0.29, 0.717) is 6.61 Å². The summed E-state index contributed by atoms with van der Waals surface area (Å²) in [5.74, 6) is 0. The Bertz CT molecular complexity index is 351. The Labute approximate surface area is 91.1 Å². The van der Waals surface area contributed by atoms with Crippen LogP contribution >= 0.6 is 0 Å². The van der Waals surface area contributed by atoms with Crippen LogP contribution in [-0.2, 0) is 4.74 Å². The van der Waals surface area contributed by atoms with E-state index < -0.39 is 0 Å². The molecule has 0 bridgehead atoms. The van der Waals surface area contributed by atoms with Crippen LogP contribution in [0.4, 0.5) is 0 Å². The fourth-order valence-electron chi connectivity index (χ4n) is 1.83. The van der Waals surface area contributed by atoms with Crippen LogP contribution in [0.15, 0.2) is 54.6 Å². The van der Waals surface area contributed by atoms with Crippen molar-refractivity contribution in [1.82, 2.24) is 0 Å². The molecule has 1 aromatic rings. The summed E-state index contributed by atoms with van der Waals surface area (Å²) >= 11 is 0. The predicted octanol–water partition coefficient (Wildman–Crippen LogP) is 3.65. The molecular weight excluding hydrogens is 184 g/mol. The van der Waals surface area contributed by atoms with Crippen LogP contribution in [0.1, 0.15) is 24.5 Å². The van der Waals surface area contributed by atoms with Gasteiger partial charge in [-0.15, -0.1) is 0 Å². The Morgan fingerprint density at radius 1 is 1.27 bits per heavy atom. The number of benzene rings is 1. The van der Waals surface area contributed by atoms with E-state index in [9.17, 15) is 0 Å². The molecule has 0 aromatic heterocycles. The minimum atomic E-state index is 0.236. The third-order valence-electron chi connectivity index (χ3n) is 2.72. The fourth-order valence-corrected chi connectivity index (χ4v) is 1.83. The van der Waals surface area contributed by atoms with Crippen LogP contribution in [0.3, 0.4) is 0 Å². The van der Waals surface area contributed by atoms with Crippen molar-refractivity contribution in [1.29, 1.82) is 0 Å². The molecule has 1 heterocycles. The molecule has 1 aliphatic heterocycles. The molecule has 1 aromatic carbocycles. The number of hydrogen-bond acceptors (Lipinski definition) is 1. The maximum absolute atomic E-state index is 5.85.